The van der Waals surface area contributed by atoms with Gasteiger partial charge in [-0.3, -0.25) is 0 Å². The molecule has 0 N–H and O–H groups in total. The highest BCUT2D eigenvalue weighted by molar-refractivity contribution is 7.03. The first kappa shape index (κ1) is 46.3. The van der Waals surface area contributed by atoms with E-state index in [9.17, 15) is 0 Å². The number of rotatable bonds is 7. The molecule has 0 radical (unpaired) electrons. The molecule has 1 aliphatic rings. The van der Waals surface area contributed by atoms with E-state index in [0.717, 1.165) is 0 Å². The van der Waals surface area contributed by atoms with Gasteiger partial charge in [0.05, 0.1) is 11.0 Å². The number of hydrogen-bond donors (Lipinski definition) is 0. The third-order valence-corrected chi connectivity index (χ3v) is 21.1. The van der Waals surface area contributed by atoms with E-state index in [-0.39, 0.29) is 0 Å². The fourth-order valence-electron chi connectivity index (χ4n) is 13.5. The van der Waals surface area contributed by atoms with Crippen molar-refractivity contribution in [3.63, 3.8) is 0 Å². The van der Waals surface area contributed by atoms with Crippen LogP contribution < -0.4 is 10.4 Å². The molecule has 15 aromatic rings. The van der Waals surface area contributed by atoms with Crippen LogP contribution in [0.2, 0.25) is 13.1 Å². The number of aromatic nitrogens is 1. The van der Waals surface area contributed by atoms with E-state index in [1.165, 1.54) is 159 Å². The fraction of sp³-hybridized carbons (Fsp3) is 0.0256. The molecule has 1 nitrogen and oxygen atoms in total. The van der Waals surface area contributed by atoms with Crippen LogP contribution in [0.25, 0.3) is 148 Å². The van der Waals surface area contributed by atoms with Gasteiger partial charge in [0, 0.05) is 16.5 Å². The molecule has 0 unspecified atom stereocenters. The van der Waals surface area contributed by atoms with Crippen molar-refractivity contribution in [1.29, 1.82) is 0 Å². The Morgan fingerprint density at radius 3 is 1.07 bits per heavy atom. The summed E-state index contributed by atoms with van der Waals surface area (Å²) in [6.07, 6.45) is 0. The Bertz CT molecular complexity index is 4770. The molecule has 0 amide bonds. The molecule has 0 spiro atoms. The number of benzene rings is 14. The van der Waals surface area contributed by atoms with Gasteiger partial charge in [0.1, 0.15) is 8.07 Å². The summed E-state index contributed by atoms with van der Waals surface area (Å²) in [5.74, 6) is 0. The zero-order valence-corrected chi connectivity index (χ0v) is 45.6. The highest BCUT2D eigenvalue weighted by atomic mass is 28.3. The fourth-order valence-corrected chi connectivity index (χ4v) is 16.6. The first-order chi connectivity index (χ1) is 39.4. The number of nitrogens with zero attached hydrogens (tertiary/aromatic N) is 1. The summed E-state index contributed by atoms with van der Waals surface area (Å²) >= 11 is 0. The van der Waals surface area contributed by atoms with Crippen LogP contribution in [0.3, 0.4) is 0 Å². The van der Waals surface area contributed by atoms with Crippen molar-refractivity contribution >= 4 is 83.3 Å². The van der Waals surface area contributed by atoms with Gasteiger partial charge in [-0.1, -0.05) is 250 Å². The topological polar surface area (TPSA) is 4.93 Å². The minimum atomic E-state index is -2.12. The normalized spacial score (nSPS) is 12.7. The molecule has 14 aromatic carbocycles. The van der Waals surface area contributed by atoms with Crippen LogP contribution >= 0.6 is 0 Å². The third kappa shape index (κ3) is 7.37. The Morgan fingerprint density at radius 1 is 0.225 bits per heavy atom. The first-order valence-electron chi connectivity index (χ1n) is 28.0. The van der Waals surface area contributed by atoms with Crippen molar-refractivity contribution in [3.05, 3.63) is 285 Å². The Labute approximate surface area is 467 Å². The van der Waals surface area contributed by atoms with E-state index in [0.29, 0.717) is 0 Å². The molecule has 0 atom stereocenters. The lowest BCUT2D eigenvalue weighted by atomic mass is 9.92. The minimum Gasteiger partial charge on any atom is -0.309 e. The Hall–Kier alpha value is -9.86. The highest BCUT2D eigenvalue weighted by Crippen LogP contribution is 2.42. The third-order valence-electron chi connectivity index (χ3n) is 17.6. The van der Waals surface area contributed by atoms with Crippen LogP contribution in [0.5, 0.6) is 0 Å². The molecule has 0 bridgehead atoms. The molecule has 0 saturated carbocycles. The maximum Gasteiger partial charge on any atom is 0.113 e. The van der Waals surface area contributed by atoms with Crippen molar-refractivity contribution in [2.24, 2.45) is 0 Å². The van der Waals surface area contributed by atoms with Crippen LogP contribution in [0.15, 0.2) is 285 Å². The lowest BCUT2D eigenvalue weighted by Gasteiger charge is -2.20. The summed E-state index contributed by atoms with van der Waals surface area (Å²) in [6, 6.07) is 107. The number of fused-ring (bicyclic) bond motifs is 12. The van der Waals surface area contributed by atoms with Crippen molar-refractivity contribution in [2.75, 3.05) is 0 Å². The van der Waals surface area contributed by atoms with Crippen molar-refractivity contribution < 1.29 is 0 Å². The maximum absolute atomic E-state index is 2.54. The van der Waals surface area contributed by atoms with Crippen molar-refractivity contribution in [2.45, 2.75) is 13.1 Å². The lowest BCUT2D eigenvalue weighted by molar-refractivity contribution is 1.18. The summed E-state index contributed by atoms with van der Waals surface area (Å²) in [4.78, 5) is 0. The molecular formula is C78H53NSi. The molecule has 0 saturated heterocycles. The molecule has 16 rings (SSSR count). The van der Waals surface area contributed by atoms with Gasteiger partial charge in [-0.2, -0.15) is 0 Å². The zero-order chi connectivity index (χ0) is 53.1. The second-order valence-electron chi connectivity index (χ2n) is 22.4. The largest absolute Gasteiger partial charge is 0.309 e. The van der Waals surface area contributed by atoms with Crippen molar-refractivity contribution in [3.8, 4) is 83.6 Å². The van der Waals surface area contributed by atoms with Gasteiger partial charge in [-0.05, 0) is 180 Å². The quantitative estimate of drug-likeness (QED) is 0.111. The van der Waals surface area contributed by atoms with Crippen LogP contribution in [0.1, 0.15) is 0 Å². The first-order valence-corrected chi connectivity index (χ1v) is 31.0. The smallest absolute Gasteiger partial charge is 0.113 e. The monoisotopic (exact) mass is 1030 g/mol. The molecular weight excluding hydrogens is 979 g/mol. The van der Waals surface area contributed by atoms with Crippen LogP contribution in [0, 0.1) is 0 Å². The maximum atomic E-state index is 2.54. The highest BCUT2D eigenvalue weighted by Gasteiger charge is 2.38. The van der Waals surface area contributed by atoms with E-state index in [1.54, 1.807) is 0 Å². The standard InChI is InChI=1S/C78H53NSi/c1-80(2)77-48-59(54-26-24-51(25-27-54)50-14-4-3-5-15-50)36-40-69(77)70-41-39-62(49-78(70)80)79-75-42-37-57(52-28-32-55(33-29-52)71-46-60-16-6-8-18-63(60)65-20-10-12-22-67(65)71)44-73(75)74-45-58(38-43-76(74)79)53-30-34-56(35-31-53)72-47-61-17-7-9-19-64(61)66-21-11-13-23-68(66)72/h3-49H,1-2H3. The van der Waals surface area contributed by atoms with Gasteiger partial charge in [0.25, 0.3) is 0 Å². The summed E-state index contributed by atoms with van der Waals surface area (Å²) in [5, 5.41) is 15.7. The predicted molar refractivity (Wildman–Crippen MR) is 346 cm³/mol. The molecule has 0 fully saturated rings. The average molecular weight is 1030 g/mol. The second kappa shape index (κ2) is 18.1. The van der Waals surface area contributed by atoms with Gasteiger partial charge in [-0.15, -0.1) is 0 Å². The van der Waals surface area contributed by atoms with E-state index in [1.807, 2.05) is 0 Å². The summed E-state index contributed by atoms with van der Waals surface area (Å²) < 4.78 is 2.52. The summed E-state index contributed by atoms with van der Waals surface area (Å²) in [5.41, 5.74) is 21.1. The predicted octanol–water partition coefficient (Wildman–Crippen LogP) is 20.2. The van der Waals surface area contributed by atoms with Gasteiger partial charge < -0.3 is 4.57 Å². The Balaban J connectivity index is 0.802. The average Bonchev–Trinajstić information content (AvgIpc) is 4.01. The van der Waals surface area contributed by atoms with Gasteiger partial charge in [-0.25, -0.2) is 0 Å². The van der Waals surface area contributed by atoms with E-state index in [4.69, 9.17) is 0 Å². The summed E-state index contributed by atoms with van der Waals surface area (Å²) in [6.45, 7) is 5.07. The van der Waals surface area contributed by atoms with Crippen LogP contribution in [-0.4, -0.2) is 12.6 Å². The summed E-state index contributed by atoms with van der Waals surface area (Å²) in [7, 11) is -2.12. The zero-order valence-electron chi connectivity index (χ0n) is 44.6. The van der Waals surface area contributed by atoms with Gasteiger partial charge in [0.15, 0.2) is 0 Å². The molecule has 1 aliphatic heterocycles. The molecule has 374 valence electrons. The SMILES string of the molecule is C[Si]1(C)c2cc(-c3ccc(-c4ccccc4)cc3)ccc2-c2ccc(-n3c4ccc(-c5ccc(-c6cc7ccccc7c7ccccc67)cc5)cc4c4cc(-c5ccc(-c6cc7ccccc7c7ccccc67)cc5)ccc43)cc21. The Kier molecular flexibility index (Phi) is 10.5. The minimum absolute atomic E-state index is 1.20. The van der Waals surface area contributed by atoms with E-state index in [2.05, 4.69) is 303 Å². The van der Waals surface area contributed by atoms with Crippen molar-refractivity contribution in [1.82, 2.24) is 4.57 Å². The lowest BCUT2D eigenvalue weighted by Crippen LogP contribution is -2.49. The van der Waals surface area contributed by atoms with E-state index < -0.39 is 8.07 Å². The van der Waals surface area contributed by atoms with Crippen LogP contribution in [0.4, 0.5) is 0 Å². The molecule has 0 aliphatic carbocycles. The van der Waals surface area contributed by atoms with E-state index >= 15 is 0 Å². The van der Waals surface area contributed by atoms with Crippen LogP contribution in [-0.2, 0) is 0 Å². The number of hydrogen-bond acceptors (Lipinski definition) is 0. The van der Waals surface area contributed by atoms with Gasteiger partial charge >= 0.3 is 0 Å². The Morgan fingerprint density at radius 2 is 0.575 bits per heavy atom. The molecule has 1 aromatic heterocycles. The second-order valence-corrected chi connectivity index (χ2v) is 26.7. The molecule has 2 heteroatoms. The molecule has 2 heterocycles. The van der Waals surface area contributed by atoms with Gasteiger partial charge in [0.2, 0.25) is 0 Å². The molecule has 80 heavy (non-hydrogen) atoms.